The molecule has 2 aliphatic rings. The Morgan fingerprint density at radius 1 is 1.14 bits per heavy atom. The van der Waals surface area contributed by atoms with Crippen molar-refractivity contribution in [2.45, 2.75) is 64.0 Å². The average Bonchev–Trinajstić information content (AvgIpc) is 3.08. The summed E-state index contributed by atoms with van der Waals surface area (Å²) in [6.45, 7) is 2.34. The number of nitrogens with zero attached hydrogens (tertiary/aromatic N) is 3. The molecular formula is C22H26N4OS. The van der Waals surface area contributed by atoms with Crippen LogP contribution in [0.3, 0.4) is 0 Å². The van der Waals surface area contributed by atoms with Crippen molar-refractivity contribution in [1.82, 2.24) is 15.0 Å². The highest BCUT2D eigenvalue weighted by Gasteiger charge is 2.26. The maximum atomic E-state index is 9.85. The van der Waals surface area contributed by atoms with E-state index in [4.69, 9.17) is 9.97 Å². The average molecular weight is 395 g/mol. The number of anilines is 1. The lowest BCUT2D eigenvalue weighted by molar-refractivity contribution is 0.126. The van der Waals surface area contributed by atoms with Crippen LogP contribution < -0.4 is 5.32 Å². The summed E-state index contributed by atoms with van der Waals surface area (Å²) in [6, 6.07) is 4.31. The monoisotopic (exact) mass is 394 g/mol. The summed E-state index contributed by atoms with van der Waals surface area (Å²) < 4.78 is 0. The molecule has 0 bridgehead atoms. The van der Waals surface area contributed by atoms with Crippen molar-refractivity contribution in [2.75, 3.05) is 5.32 Å². The number of rotatable bonds is 3. The topological polar surface area (TPSA) is 70.9 Å². The molecule has 0 amide bonds. The number of fused-ring (bicyclic) bond motifs is 3. The van der Waals surface area contributed by atoms with Crippen LogP contribution in [0.5, 0.6) is 0 Å². The van der Waals surface area contributed by atoms with Crippen molar-refractivity contribution in [3.63, 3.8) is 0 Å². The fourth-order valence-corrected chi connectivity index (χ4v) is 5.87. The number of aromatic nitrogens is 3. The van der Waals surface area contributed by atoms with E-state index in [-0.39, 0.29) is 6.10 Å². The molecule has 0 saturated heterocycles. The summed E-state index contributed by atoms with van der Waals surface area (Å²) in [5.74, 6) is 2.45. The summed E-state index contributed by atoms with van der Waals surface area (Å²) in [5, 5.41) is 14.8. The quantitative estimate of drug-likeness (QED) is 0.680. The van der Waals surface area contributed by atoms with Gasteiger partial charge in [0.05, 0.1) is 11.5 Å². The van der Waals surface area contributed by atoms with E-state index in [2.05, 4.69) is 17.2 Å². The summed E-state index contributed by atoms with van der Waals surface area (Å²) >= 11 is 1.84. The van der Waals surface area contributed by atoms with Gasteiger partial charge in [-0.15, -0.1) is 11.3 Å². The first-order valence-corrected chi connectivity index (χ1v) is 11.2. The van der Waals surface area contributed by atoms with Crippen molar-refractivity contribution >= 4 is 27.4 Å². The van der Waals surface area contributed by atoms with Gasteiger partial charge in [0.1, 0.15) is 10.6 Å². The standard InChI is InChI=1S/C22H26N4OS/c1-13-4-9-17-18(11-13)28-22-19(17)21(24-15-5-7-16(27)8-6-15)25-20(26-22)14-3-2-10-23-12-14/h2-3,10,12-13,15-16,27H,4-9,11H2,1H3,(H,24,25,26)/t13-,15?,16?/m0/s1. The third-order valence-corrected chi connectivity index (χ3v) is 7.26. The van der Waals surface area contributed by atoms with Crippen molar-refractivity contribution in [3.8, 4) is 11.4 Å². The molecule has 5 nitrogen and oxygen atoms in total. The van der Waals surface area contributed by atoms with Crippen LogP contribution in [0.4, 0.5) is 5.82 Å². The molecule has 3 aromatic rings. The van der Waals surface area contributed by atoms with Crippen molar-refractivity contribution < 1.29 is 5.11 Å². The fourth-order valence-electron chi connectivity index (χ4n) is 4.48. The molecule has 3 aromatic heterocycles. The van der Waals surface area contributed by atoms with E-state index in [1.165, 1.54) is 22.2 Å². The number of hydrogen-bond acceptors (Lipinski definition) is 6. The number of pyridine rings is 1. The molecule has 2 N–H and O–H groups in total. The van der Waals surface area contributed by atoms with Gasteiger partial charge in [-0.3, -0.25) is 4.98 Å². The van der Waals surface area contributed by atoms with E-state index in [0.717, 1.165) is 66.5 Å². The first-order valence-electron chi connectivity index (χ1n) is 10.3. The SMILES string of the molecule is C[C@H]1CCc2c(sc3nc(-c4cccnc4)nc(NC4CCC(O)CC4)c23)C1. The van der Waals surface area contributed by atoms with Gasteiger partial charge >= 0.3 is 0 Å². The normalized spacial score (nSPS) is 24.9. The van der Waals surface area contributed by atoms with Gasteiger partial charge in [-0.05, 0) is 68.6 Å². The van der Waals surface area contributed by atoms with E-state index in [9.17, 15) is 5.11 Å². The molecule has 146 valence electrons. The van der Waals surface area contributed by atoms with E-state index < -0.39 is 0 Å². The minimum absolute atomic E-state index is 0.148. The summed E-state index contributed by atoms with van der Waals surface area (Å²) in [7, 11) is 0. The van der Waals surface area contributed by atoms with Gasteiger partial charge in [-0.25, -0.2) is 9.97 Å². The van der Waals surface area contributed by atoms with Crippen LogP contribution >= 0.6 is 11.3 Å². The Morgan fingerprint density at radius 3 is 2.79 bits per heavy atom. The molecule has 1 atom stereocenters. The van der Waals surface area contributed by atoms with Crippen molar-refractivity contribution in [1.29, 1.82) is 0 Å². The summed E-state index contributed by atoms with van der Waals surface area (Å²) in [4.78, 5) is 16.7. The first kappa shape index (κ1) is 18.0. The maximum absolute atomic E-state index is 9.85. The molecule has 28 heavy (non-hydrogen) atoms. The second kappa shape index (κ2) is 7.41. The lowest BCUT2D eigenvalue weighted by Gasteiger charge is -2.27. The van der Waals surface area contributed by atoms with Crippen LogP contribution in [0.25, 0.3) is 21.6 Å². The van der Waals surface area contributed by atoms with E-state index >= 15 is 0 Å². The molecule has 6 heteroatoms. The molecule has 3 heterocycles. The van der Waals surface area contributed by atoms with Gasteiger partial charge in [-0.2, -0.15) is 0 Å². The van der Waals surface area contributed by atoms with Crippen LogP contribution in [0.15, 0.2) is 24.5 Å². The second-order valence-corrected chi connectivity index (χ2v) is 9.40. The molecule has 1 fully saturated rings. The lowest BCUT2D eigenvalue weighted by atomic mass is 9.89. The Kier molecular flexibility index (Phi) is 4.77. The molecule has 0 unspecified atom stereocenters. The Labute approximate surface area is 169 Å². The molecule has 0 aliphatic heterocycles. The number of aliphatic hydroxyl groups is 1. The van der Waals surface area contributed by atoms with Gasteiger partial charge in [0.2, 0.25) is 0 Å². The highest BCUT2D eigenvalue weighted by molar-refractivity contribution is 7.19. The van der Waals surface area contributed by atoms with Crippen LogP contribution in [0.1, 0.15) is 49.5 Å². The minimum Gasteiger partial charge on any atom is -0.393 e. The fraction of sp³-hybridized carbons (Fsp3) is 0.500. The van der Waals surface area contributed by atoms with Gasteiger partial charge in [-0.1, -0.05) is 6.92 Å². The predicted octanol–water partition coefficient (Wildman–Crippen LogP) is 4.59. The number of nitrogens with one attached hydrogen (secondary N) is 1. The largest absolute Gasteiger partial charge is 0.393 e. The van der Waals surface area contributed by atoms with Gasteiger partial charge in [0.15, 0.2) is 5.82 Å². The predicted molar refractivity (Wildman–Crippen MR) is 114 cm³/mol. The Bertz CT molecular complexity index is 979. The zero-order valence-corrected chi connectivity index (χ0v) is 17.0. The molecule has 0 aromatic carbocycles. The van der Waals surface area contributed by atoms with E-state index in [1.54, 1.807) is 6.20 Å². The number of aliphatic hydroxyl groups excluding tert-OH is 1. The Balaban J connectivity index is 1.60. The molecular weight excluding hydrogens is 368 g/mol. The smallest absolute Gasteiger partial charge is 0.164 e. The third kappa shape index (κ3) is 3.40. The lowest BCUT2D eigenvalue weighted by Crippen LogP contribution is -2.28. The van der Waals surface area contributed by atoms with Crippen molar-refractivity contribution in [2.24, 2.45) is 5.92 Å². The van der Waals surface area contributed by atoms with Crippen LogP contribution in [0.2, 0.25) is 0 Å². The van der Waals surface area contributed by atoms with Crippen LogP contribution in [-0.2, 0) is 12.8 Å². The third-order valence-electron chi connectivity index (χ3n) is 6.11. The van der Waals surface area contributed by atoms with Gasteiger partial charge in [0, 0.05) is 28.9 Å². The molecule has 0 radical (unpaired) electrons. The first-order chi connectivity index (χ1) is 13.7. The Morgan fingerprint density at radius 2 is 2.00 bits per heavy atom. The minimum atomic E-state index is -0.148. The molecule has 5 rings (SSSR count). The number of thiophene rings is 1. The van der Waals surface area contributed by atoms with E-state index in [1.807, 2.05) is 29.7 Å². The van der Waals surface area contributed by atoms with Crippen LogP contribution in [-0.4, -0.2) is 32.2 Å². The summed E-state index contributed by atoms with van der Waals surface area (Å²) in [6.07, 6.45) is 10.6. The van der Waals surface area contributed by atoms with E-state index in [0.29, 0.717) is 6.04 Å². The summed E-state index contributed by atoms with van der Waals surface area (Å²) in [5.41, 5.74) is 2.40. The zero-order valence-electron chi connectivity index (χ0n) is 16.2. The van der Waals surface area contributed by atoms with Gasteiger partial charge in [0.25, 0.3) is 0 Å². The zero-order chi connectivity index (χ0) is 19.1. The molecule has 2 aliphatic carbocycles. The maximum Gasteiger partial charge on any atom is 0.164 e. The van der Waals surface area contributed by atoms with Crippen molar-refractivity contribution in [3.05, 3.63) is 35.0 Å². The molecule has 0 spiro atoms. The second-order valence-electron chi connectivity index (χ2n) is 8.32. The highest BCUT2D eigenvalue weighted by atomic mass is 32.1. The number of aryl methyl sites for hydroxylation is 1. The van der Waals surface area contributed by atoms with Crippen LogP contribution in [0, 0.1) is 5.92 Å². The highest BCUT2D eigenvalue weighted by Crippen LogP contribution is 2.41. The molecule has 1 saturated carbocycles. The Hall–Kier alpha value is -2.05. The number of hydrogen-bond donors (Lipinski definition) is 2. The van der Waals surface area contributed by atoms with Gasteiger partial charge < -0.3 is 10.4 Å².